The first kappa shape index (κ1) is 14.1. The lowest BCUT2D eigenvalue weighted by molar-refractivity contribution is -0.159. The van der Waals surface area contributed by atoms with E-state index in [4.69, 9.17) is 9.84 Å². The number of aliphatic carboxylic acids is 1. The Morgan fingerprint density at radius 3 is 2.90 bits per heavy atom. The zero-order valence-electron chi connectivity index (χ0n) is 11.8. The minimum absolute atomic E-state index is 0.0386. The van der Waals surface area contributed by atoms with E-state index in [0.29, 0.717) is 6.54 Å². The molecule has 112 valence electrons. The number of carboxylic acid groups (broad SMARTS) is 1. The summed E-state index contributed by atoms with van der Waals surface area (Å²) in [5.74, 6) is -1.10. The molecule has 5 nitrogen and oxygen atoms in total. The molecule has 0 spiro atoms. The Balaban J connectivity index is 1.78. The second-order valence-corrected chi connectivity index (χ2v) is 5.63. The number of hydrogen-bond donors (Lipinski definition) is 1. The zero-order chi connectivity index (χ0) is 14.8. The summed E-state index contributed by atoms with van der Waals surface area (Å²) in [7, 11) is 0. The Hall–Kier alpha value is -1.88. The lowest BCUT2D eigenvalue weighted by Crippen LogP contribution is -2.50. The van der Waals surface area contributed by atoms with E-state index in [9.17, 15) is 9.59 Å². The molecule has 1 aliphatic carbocycles. The van der Waals surface area contributed by atoms with Crippen LogP contribution in [0.2, 0.25) is 0 Å². The molecule has 1 heterocycles. The topological polar surface area (TPSA) is 66.8 Å². The van der Waals surface area contributed by atoms with Crippen molar-refractivity contribution in [2.24, 2.45) is 0 Å². The monoisotopic (exact) mass is 289 g/mol. The van der Waals surface area contributed by atoms with E-state index >= 15 is 0 Å². The van der Waals surface area contributed by atoms with Gasteiger partial charge in [-0.25, -0.2) is 4.79 Å². The smallest absolute Gasteiger partial charge is 0.334 e. The highest BCUT2D eigenvalue weighted by Crippen LogP contribution is 2.33. The molecular weight excluding hydrogens is 270 g/mol. The van der Waals surface area contributed by atoms with Gasteiger partial charge in [-0.3, -0.25) is 4.79 Å². The van der Waals surface area contributed by atoms with Gasteiger partial charge in [-0.15, -0.1) is 0 Å². The van der Waals surface area contributed by atoms with Crippen molar-refractivity contribution in [2.75, 3.05) is 19.7 Å². The molecule has 1 N–H and O–H groups in total. The fourth-order valence-electron chi connectivity index (χ4n) is 3.23. The SMILES string of the molecule is O=C(O)[C@H]1CN(C(=O)[C@@H]2CCCc3ccccc32)CCO1. The highest BCUT2D eigenvalue weighted by Gasteiger charge is 2.34. The standard InChI is InChI=1S/C16H19NO4/c18-15(17-8-9-21-14(10-17)16(19)20)13-7-3-5-11-4-1-2-6-12(11)13/h1-2,4,6,13-14H,3,5,7-10H2,(H,19,20)/t13-,14-/m1/s1. The third kappa shape index (κ3) is 2.78. The highest BCUT2D eigenvalue weighted by atomic mass is 16.5. The van der Waals surface area contributed by atoms with Gasteiger partial charge in [0, 0.05) is 6.54 Å². The van der Waals surface area contributed by atoms with Gasteiger partial charge in [0.15, 0.2) is 6.10 Å². The molecule has 1 aliphatic heterocycles. The number of hydrogen-bond acceptors (Lipinski definition) is 3. The first-order valence-electron chi connectivity index (χ1n) is 7.38. The molecule has 1 aromatic rings. The van der Waals surface area contributed by atoms with Crippen LogP contribution in [0, 0.1) is 0 Å². The van der Waals surface area contributed by atoms with E-state index in [1.807, 2.05) is 18.2 Å². The number of carbonyl (C=O) groups excluding carboxylic acids is 1. The van der Waals surface area contributed by atoms with Crippen LogP contribution in [0.15, 0.2) is 24.3 Å². The van der Waals surface area contributed by atoms with E-state index in [2.05, 4.69) is 6.07 Å². The lowest BCUT2D eigenvalue weighted by Gasteiger charge is -2.35. The Kier molecular flexibility index (Phi) is 3.92. The number of carboxylic acids is 1. The third-order valence-corrected chi connectivity index (χ3v) is 4.32. The molecule has 21 heavy (non-hydrogen) atoms. The van der Waals surface area contributed by atoms with Crippen LogP contribution >= 0.6 is 0 Å². The first-order chi connectivity index (χ1) is 10.2. The molecule has 3 rings (SSSR count). The quantitative estimate of drug-likeness (QED) is 0.894. The van der Waals surface area contributed by atoms with Crippen molar-refractivity contribution in [1.29, 1.82) is 0 Å². The van der Waals surface area contributed by atoms with Crippen LogP contribution in [0.4, 0.5) is 0 Å². The van der Waals surface area contributed by atoms with E-state index in [-0.39, 0.29) is 25.0 Å². The van der Waals surface area contributed by atoms with Gasteiger partial charge in [0.2, 0.25) is 5.91 Å². The number of nitrogens with zero attached hydrogens (tertiary/aromatic N) is 1. The third-order valence-electron chi connectivity index (χ3n) is 4.32. The molecule has 2 atom stereocenters. The molecule has 0 radical (unpaired) electrons. The summed E-state index contributed by atoms with van der Waals surface area (Å²) in [5, 5.41) is 9.04. The fraction of sp³-hybridized carbons (Fsp3) is 0.500. The van der Waals surface area contributed by atoms with Crippen molar-refractivity contribution < 1.29 is 19.4 Å². The average molecular weight is 289 g/mol. The molecule has 1 aromatic carbocycles. The maximum atomic E-state index is 12.8. The predicted molar refractivity (Wildman–Crippen MR) is 76.1 cm³/mol. The number of rotatable bonds is 2. The maximum absolute atomic E-state index is 12.8. The Bertz CT molecular complexity index is 557. The van der Waals surface area contributed by atoms with Gasteiger partial charge in [0.1, 0.15) is 0 Å². The van der Waals surface area contributed by atoms with Gasteiger partial charge in [0.25, 0.3) is 0 Å². The van der Waals surface area contributed by atoms with Crippen molar-refractivity contribution in [3.8, 4) is 0 Å². The second-order valence-electron chi connectivity index (χ2n) is 5.63. The van der Waals surface area contributed by atoms with Crippen molar-refractivity contribution in [3.05, 3.63) is 35.4 Å². The summed E-state index contributed by atoms with van der Waals surface area (Å²) in [6.07, 6.45) is 1.95. The van der Waals surface area contributed by atoms with E-state index in [0.717, 1.165) is 24.8 Å². The van der Waals surface area contributed by atoms with Crippen LogP contribution in [0.5, 0.6) is 0 Å². The summed E-state index contributed by atoms with van der Waals surface area (Å²) in [4.78, 5) is 25.4. The Morgan fingerprint density at radius 2 is 2.10 bits per heavy atom. The number of aryl methyl sites for hydroxylation is 1. The molecule has 0 saturated carbocycles. The summed E-state index contributed by atoms with van der Waals surface area (Å²) >= 11 is 0. The van der Waals surface area contributed by atoms with Gasteiger partial charge in [-0.1, -0.05) is 24.3 Å². The molecule has 1 saturated heterocycles. The molecule has 1 fully saturated rings. The molecule has 1 amide bonds. The number of fused-ring (bicyclic) bond motifs is 1. The Labute approximate surface area is 123 Å². The molecule has 0 bridgehead atoms. The summed E-state index contributed by atoms with van der Waals surface area (Å²) < 4.78 is 5.18. The summed E-state index contributed by atoms with van der Waals surface area (Å²) in [6.45, 7) is 0.908. The van der Waals surface area contributed by atoms with Crippen molar-refractivity contribution in [3.63, 3.8) is 0 Å². The summed E-state index contributed by atoms with van der Waals surface area (Å²) in [5.41, 5.74) is 2.34. The number of morpholine rings is 1. The second kappa shape index (κ2) is 5.85. The van der Waals surface area contributed by atoms with Crippen LogP contribution in [-0.4, -0.2) is 47.7 Å². The number of ether oxygens (including phenoxy) is 1. The van der Waals surface area contributed by atoms with Gasteiger partial charge in [0.05, 0.1) is 19.1 Å². The normalized spacial score (nSPS) is 25.2. The van der Waals surface area contributed by atoms with Gasteiger partial charge < -0.3 is 14.7 Å². The highest BCUT2D eigenvalue weighted by molar-refractivity contribution is 5.85. The number of amides is 1. The van der Waals surface area contributed by atoms with E-state index < -0.39 is 12.1 Å². The maximum Gasteiger partial charge on any atom is 0.334 e. The largest absolute Gasteiger partial charge is 0.479 e. The van der Waals surface area contributed by atoms with Crippen molar-refractivity contribution in [2.45, 2.75) is 31.3 Å². The van der Waals surface area contributed by atoms with Gasteiger partial charge >= 0.3 is 5.97 Å². The molecule has 0 aromatic heterocycles. The van der Waals surface area contributed by atoms with Crippen LogP contribution in [-0.2, 0) is 20.7 Å². The minimum Gasteiger partial charge on any atom is -0.479 e. The van der Waals surface area contributed by atoms with Gasteiger partial charge in [-0.2, -0.15) is 0 Å². The van der Waals surface area contributed by atoms with Crippen molar-refractivity contribution >= 4 is 11.9 Å². The van der Waals surface area contributed by atoms with Crippen LogP contribution in [0.1, 0.15) is 29.9 Å². The van der Waals surface area contributed by atoms with E-state index in [1.165, 1.54) is 5.56 Å². The molecule has 2 aliphatic rings. The molecule has 5 heteroatoms. The Morgan fingerprint density at radius 1 is 1.29 bits per heavy atom. The molecular formula is C16H19NO4. The van der Waals surface area contributed by atoms with Gasteiger partial charge in [-0.05, 0) is 30.4 Å². The first-order valence-corrected chi connectivity index (χ1v) is 7.38. The lowest BCUT2D eigenvalue weighted by atomic mass is 9.82. The molecule has 0 unspecified atom stereocenters. The fourth-order valence-corrected chi connectivity index (χ4v) is 3.23. The summed E-state index contributed by atoms with van der Waals surface area (Å²) in [6, 6.07) is 8.06. The number of carbonyl (C=O) groups is 2. The van der Waals surface area contributed by atoms with Crippen LogP contribution in [0.3, 0.4) is 0 Å². The van der Waals surface area contributed by atoms with Crippen LogP contribution in [0.25, 0.3) is 0 Å². The van der Waals surface area contributed by atoms with E-state index in [1.54, 1.807) is 4.90 Å². The zero-order valence-corrected chi connectivity index (χ0v) is 11.8. The van der Waals surface area contributed by atoms with Crippen molar-refractivity contribution in [1.82, 2.24) is 4.90 Å². The minimum atomic E-state index is -1.00. The predicted octanol–water partition coefficient (Wildman–Crippen LogP) is 1.42. The number of benzene rings is 1. The van der Waals surface area contributed by atoms with Crippen LogP contribution < -0.4 is 0 Å². The average Bonchev–Trinajstić information content (AvgIpc) is 2.53.